The van der Waals surface area contributed by atoms with Crippen LogP contribution in [0.2, 0.25) is 0 Å². The minimum absolute atomic E-state index is 0.598. The molecule has 0 aliphatic carbocycles. The van der Waals surface area contributed by atoms with Crippen molar-refractivity contribution < 1.29 is 4.74 Å². The van der Waals surface area contributed by atoms with Gasteiger partial charge in [0.1, 0.15) is 11.3 Å². The highest BCUT2D eigenvalue weighted by molar-refractivity contribution is 7.80. The van der Waals surface area contributed by atoms with Crippen LogP contribution in [0.15, 0.2) is 60.8 Å². The highest BCUT2D eigenvalue weighted by Gasteiger charge is 2.08. The first-order valence-corrected chi connectivity index (χ1v) is 8.19. The molecular weight excluding hydrogens is 318 g/mol. The number of rotatable bonds is 5. The van der Waals surface area contributed by atoms with Gasteiger partial charge < -0.3 is 15.4 Å². The lowest BCUT2D eigenvalue weighted by atomic mass is 10.1. The molecule has 3 aromatic rings. The summed E-state index contributed by atoms with van der Waals surface area (Å²) in [5.74, 6) is 0.749. The van der Waals surface area contributed by atoms with Crippen molar-refractivity contribution in [3.63, 3.8) is 0 Å². The fourth-order valence-electron chi connectivity index (χ4n) is 2.55. The number of hydrogen-bond acceptors (Lipinski definition) is 3. The molecule has 122 valence electrons. The van der Waals surface area contributed by atoms with Gasteiger partial charge in [-0.15, -0.1) is 0 Å². The second-order valence-corrected chi connectivity index (χ2v) is 5.74. The maximum absolute atomic E-state index is 5.40. The van der Waals surface area contributed by atoms with Gasteiger partial charge in [0.05, 0.1) is 7.11 Å². The van der Waals surface area contributed by atoms with E-state index in [1.54, 1.807) is 13.3 Å². The SMILES string of the molecule is COc1ccc(NC(=S)NCCc2ccccc2)c2cccnc12. The van der Waals surface area contributed by atoms with Crippen LogP contribution in [-0.2, 0) is 6.42 Å². The molecule has 1 aromatic heterocycles. The highest BCUT2D eigenvalue weighted by Crippen LogP contribution is 2.29. The lowest BCUT2D eigenvalue weighted by Crippen LogP contribution is -2.30. The lowest BCUT2D eigenvalue weighted by molar-refractivity contribution is 0.419. The Morgan fingerprint density at radius 2 is 1.92 bits per heavy atom. The minimum atomic E-state index is 0.598. The van der Waals surface area contributed by atoms with Crippen molar-refractivity contribution >= 4 is 33.9 Å². The van der Waals surface area contributed by atoms with Crippen molar-refractivity contribution in [2.24, 2.45) is 0 Å². The van der Waals surface area contributed by atoms with Gasteiger partial charge in [-0.25, -0.2) is 0 Å². The number of fused-ring (bicyclic) bond motifs is 1. The summed E-state index contributed by atoms with van der Waals surface area (Å²) in [6.45, 7) is 0.780. The number of thiocarbonyl (C=S) groups is 1. The summed E-state index contributed by atoms with van der Waals surface area (Å²) in [5.41, 5.74) is 3.01. The van der Waals surface area contributed by atoms with E-state index in [9.17, 15) is 0 Å². The zero-order chi connectivity index (χ0) is 16.8. The summed E-state index contributed by atoms with van der Waals surface area (Å²) in [7, 11) is 1.65. The summed E-state index contributed by atoms with van der Waals surface area (Å²) in [6, 6.07) is 18.1. The van der Waals surface area contributed by atoms with E-state index in [0.717, 1.165) is 35.3 Å². The average molecular weight is 337 g/mol. The smallest absolute Gasteiger partial charge is 0.170 e. The van der Waals surface area contributed by atoms with Crippen LogP contribution in [0.4, 0.5) is 5.69 Å². The summed E-state index contributed by atoms with van der Waals surface area (Å²) < 4.78 is 5.36. The van der Waals surface area contributed by atoms with E-state index >= 15 is 0 Å². The van der Waals surface area contributed by atoms with Gasteiger partial charge in [0.15, 0.2) is 5.11 Å². The Morgan fingerprint density at radius 3 is 2.71 bits per heavy atom. The summed E-state index contributed by atoms with van der Waals surface area (Å²) >= 11 is 5.40. The first-order chi connectivity index (χ1) is 11.8. The van der Waals surface area contributed by atoms with Crippen molar-refractivity contribution in [3.05, 3.63) is 66.4 Å². The molecule has 0 amide bonds. The molecule has 0 bridgehead atoms. The van der Waals surface area contributed by atoms with Crippen LogP contribution in [0, 0.1) is 0 Å². The maximum atomic E-state index is 5.40. The molecule has 0 fully saturated rings. The molecule has 0 saturated heterocycles. The van der Waals surface area contributed by atoms with Crippen molar-refractivity contribution in [1.29, 1.82) is 0 Å². The van der Waals surface area contributed by atoms with E-state index in [1.165, 1.54) is 5.56 Å². The quantitative estimate of drug-likeness (QED) is 0.694. The van der Waals surface area contributed by atoms with E-state index in [4.69, 9.17) is 17.0 Å². The third-order valence-corrected chi connectivity index (χ3v) is 3.99. The highest BCUT2D eigenvalue weighted by atomic mass is 32.1. The number of anilines is 1. The van der Waals surface area contributed by atoms with Gasteiger partial charge in [0, 0.05) is 23.8 Å². The van der Waals surface area contributed by atoms with Crippen LogP contribution < -0.4 is 15.4 Å². The van der Waals surface area contributed by atoms with Crippen molar-refractivity contribution in [2.75, 3.05) is 19.0 Å². The molecule has 2 aromatic carbocycles. The van der Waals surface area contributed by atoms with Gasteiger partial charge in [-0.05, 0) is 48.5 Å². The second kappa shape index (κ2) is 7.75. The Morgan fingerprint density at radius 1 is 1.08 bits per heavy atom. The topological polar surface area (TPSA) is 46.2 Å². The Bertz CT molecular complexity index is 836. The third-order valence-electron chi connectivity index (χ3n) is 3.74. The molecule has 0 spiro atoms. The van der Waals surface area contributed by atoms with Gasteiger partial charge in [0.2, 0.25) is 0 Å². The molecule has 4 nitrogen and oxygen atoms in total. The van der Waals surface area contributed by atoms with E-state index in [0.29, 0.717) is 5.11 Å². The molecule has 0 saturated carbocycles. The monoisotopic (exact) mass is 337 g/mol. The normalized spacial score (nSPS) is 10.4. The number of aromatic nitrogens is 1. The largest absolute Gasteiger partial charge is 0.494 e. The van der Waals surface area contributed by atoms with Gasteiger partial charge in [-0.3, -0.25) is 4.98 Å². The van der Waals surface area contributed by atoms with Gasteiger partial charge in [-0.1, -0.05) is 30.3 Å². The number of nitrogens with one attached hydrogen (secondary N) is 2. The Balaban J connectivity index is 1.65. The van der Waals surface area contributed by atoms with E-state index in [2.05, 4.69) is 27.8 Å². The predicted molar refractivity (Wildman–Crippen MR) is 103 cm³/mol. The molecule has 0 aliphatic heterocycles. The van der Waals surface area contributed by atoms with Gasteiger partial charge >= 0.3 is 0 Å². The fraction of sp³-hybridized carbons (Fsp3) is 0.158. The number of methoxy groups -OCH3 is 1. The number of benzene rings is 2. The number of pyridine rings is 1. The van der Waals surface area contributed by atoms with Crippen LogP contribution in [0.5, 0.6) is 5.75 Å². The van der Waals surface area contributed by atoms with Crippen molar-refractivity contribution in [1.82, 2.24) is 10.3 Å². The van der Waals surface area contributed by atoms with Crippen LogP contribution in [-0.4, -0.2) is 23.8 Å². The minimum Gasteiger partial charge on any atom is -0.494 e. The van der Waals surface area contributed by atoms with Crippen molar-refractivity contribution in [2.45, 2.75) is 6.42 Å². The van der Waals surface area contributed by atoms with E-state index in [1.807, 2.05) is 42.5 Å². The zero-order valence-electron chi connectivity index (χ0n) is 13.5. The summed E-state index contributed by atoms with van der Waals surface area (Å²) in [6.07, 6.45) is 2.68. The van der Waals surface area contributed by atoms with Crippen molar-refractivity contribution in [3.8, 4) is 5.75 Å². The first-order valence-electron chi connectivity index (χ1n) is 7.78. The molecule has 3 rings (SSSR count). The van der Waals surface area contributed by atoms with Crippen LogP contribution in [0.25, 0.3) is 10.9 Å². The molecule has 0 unspecified atom stereocenters. The van der Waals surface area contributed by atoms with Gasteiger partial charge in [-0.2, -0.15) is 0 Å². The molecule has 0 radical (unpaired) electrons. The van der Waals surface area contributed by atoms with Crippen LogP contribution in [0.1, 0.15) is 5.56 Å². The second-order valence-electron chi connectivity index (χ2n) is 5.33. The summed E-state index contributed by atoms with van der Waals surface area (Å²) in [5, 5.41) is 8.06. The van der Waals surface area contributed by atoms with Crippen LogP contribution >= 0.6 is 12.2 Å². The Kier molecular flexibility index (Phi) is 5.23. The predicted octanol–water partition coefficient (Wildman–Crippen LogP) is 3.77. The number of ether oxygens (including phenoxy) is 1. The molecule has 24 heavy (non-hydrogen) atoms. The number of nitrogens with zero attached hydrogens (tertiary/aromatic N) is 1. The molecule has 5 heteroatoms. The zero-order valence-corrected chi connectivity index (χ0v) is 14.3. The fourth-order valence-corrected chi connectivity index (χ4v) is 2.76. The Labute approximate surface area is 146 Å². The Hall–Kier alpha value is -2.66. The molecule has 1 heterocycles. The first kappa shape index (κ1) is 16.2. The van der Waals surface area contributed by atoms with E-state index in [-0.39, 0.29) is 0 Å². The van der Waals surface area contributed by atoms with Gasteiger partial charge in [0.25, 0.3) is 0 Å². The third kappa shape index (κ3) is 3.81. The van der Waals surface area contributed by atoms with E-state index < -0.39 is 0 Å². The standard InChI is InChI=1S/C19H19N3OS/c1-23-17-10-9-16(15-8-5-12-20-18(15)17)22-19(24)21-13-11-14-6-3-2-4-7-14/h2-10,12H,11,13H2,1H3,(H2,21,22,24). The molecule has 0 aliphatic rings. The van der Waals surface area contributed by atoms with Crippen LogP contribution in [0.3, 0.4) is 0 Å². The summed E-state index contributed by atoms with van der Waals surface area (Å²) in [4.78, 5) is 4.39. The maximum Gasteiger partial charge on any atom is 0.170 e. The average Bonchev–Trinajstić information content (AvgIpc) is 2.63. The molecule has 2 N–H and O–H groups in total. The molecule has 0 atom stereocenters. The molecular formula is C19H19N3OS. The lowest BCUT2D eigenvalue weighted by Gasteiger charge is -2.13. The number of hydrogen-bond donors (Lipinski definition) is 2.